The van der Waals surface area contributed by atoms with Gasteiger partial charge in [0.2, 0.25) is 11.8 Å². The molecule has 3 rings (SSSR count). The van der Waals surface area contributed by atoms with Gasteiger partial charge in [0.25, 0.3) is 5.91 Å². The van der Waals surface area contributed by atoms with Crippen LogP contribution in [0.5, 0.6) is 5.75 Å². The summed E-state index contributed by atoms with van der Waals surface area (Å²) in [6.07, 6.45) is -0.630. The van der Waals surface area contributed by atoms with Gasteiger partial charge in [0.05, 0.1) is 12.5 Å². The van der Waals surface area contributed by atoms with Crippen LogP contribution < -0.4 is 15.4 Å². The van der Waals surface area contributed by atoms with Crippen LogP contribution in [0, 0.1) is 5.92 Å². The van der Waals surface area contributed by atoms with E-state index in [9.17, 15) is 19.2 Å². The van der Waals surface area contributed by atoms with E-state index in [0.717, 1.165) is 5.56 Å². The van der Waals surface area contributed by atoms with Crippen molar-refractivity contribution in [1.29, 1.82) is 0 Å². The molecule has 1 aliphatic rings. The van der Waals surface area contributed by atoms with Gasteiger partial charge in [0, 0.05) is 36.3 Å². The number of carbonyl (C=O) groups excluding carboxylic acids is 4. The fraction of sp³-hybridized carbons (Fsp3) is 0.385. The number of para-hydroxylation sites is 1. The van der Waals surface area contributed by atoms with Crippen LogP contribution in [0.4, 0.5) is 10.5 Å². The number of rotatable bonds is 7. The molecule has 0 bridgehead atoms. The molecule has 2 aromatic rings. The first-order valence-corrected chi connectivity index (χ1v) is 11.5. The lowest BCUT2D eigenvalue weighted by atomic mass is 10.1. The quantitative estimate of drug-likeness (QED) is 0.460. The van der Waals surface area contributed by atoms with Crippen molar-refractivity contribution >= 4 is 29.6 Å². The SMILES string of the molecule is CCOC(=O)Oc1ccc(C(=O)NCc2ccccc2NC(=O)C2CC(=O)N(C(C)(C)C)C2)cc1. The predicted molar refractivity (Wildman–Crippen MR) is 130 cm³/mol. The standard InChI is InChI=1S/C26H31N3O6/c1-5-34-25(33)35-20-12-10-17(11-13-20)23(31)27-15-18-8-6-7-9-21(18)28-24(32)19-14-22(30)29(16-19)26(2,3)4/h6-13,19H,5,14-16H2,1-4H3,(H,27,31)(H,28,32). The Labute approximate surface area is 204 Å². The van der Waals surface area contributed by atoms with E-state index in [2.05, 4.69) is 10.6 Å². The molecule has 0 aliphatic carbocycles. The van der Waals surface area contributed by atoms with Crippen molar-refractivity contribution in [2.75, 3.05) is 18.5 Å². The van der Waals surface area contributed by atoms with Crippen LogP contribution in [0.1, 0.15) is 50.0 Å². The molecule has 2 N–H and O–H groups in total. The summed E-state index contributed by atoms with van der Waals surface area (Å²) in [5.74, 6) is -0.739. The van der Waals surface area contributed by atoms with Gasteiger partial charge in [0.15, 0.2) is 0 Å². The lowest BCUT2D eigenvalue weighted by Crippen LogP contribution is -2.42. The molecule has 186 valence electrons. The minimum atomic E-state index is -0.809. The molecule has 2 aromatic carbocycles. The summed E-state index contributed by atoms with van der Waals surface area (Å²) in [6.45, 7) is 8.29. The van der Waals surface area contributed by atoms with Gasteiger partial charge >= 0.3 is 6.16 Å². The minimum absolute atomic E-state index is 0.0307. The van der Waals surface area contributed by atoms with E-state index in [1.165, 1.54) is 24.3 Å². The maximum Gasteiger partial charge on any atom is 0.513 e. The Morgan fingerprint density at radius 1 is 1.06 bits per heavy atom. The number of amides is 3. The topological polar surface area (TPSA) is 114 Å². The molecular weight excluding hydrogens is 450 g/mol. The van der Waals surface area contributed by atoms with Gasteiger partial charge in [0.1, 0.15) is 5.75 Å². The van der Waals surface area contributed by atoms with E-state index >= 15 is 0 Å². The second-order valence-corrected chi connectivity index (χ2v) is 9.21. The van der Waals surface area contributed by atoms with Crippen LogP contribution in [0.3, 0.4) is 0 Å². The number of hydrogen-bond acceptors (Lipinski definition) is 6. The molecule has 35 heavy (non-hydrogen) atoms. The lowest BCUT2D eigenvalue weighted by molar-refractivity contribution is -0.131. The third-order valence-electron chi connectivity index (χ3n) is 5.60. The van der Waals surface area contributed by atoms with Crippen LogP contribution in [-0.4, -0.2) is 47.5 Å². The zero-order valence-electron chi connectivity index (χ0n) is 20.4. The molecule has 0 radical (unpaired) electrons. The van der Waals surface area contributed by atoms with Crippen molar-refractivity contribution in [2.45, 2.75) is 46.2 Å². The van der Waals surface area contributed by atoms with Crippen LogP contribution >= 0.6 is 0 Å². The van der Waals surface area contributed by atoms with Gasteiger partial charge in [-0.05, 0) is 63.6 Å². The molecule has 0 saturated carbocycles. The predicted octanol–water partition coefficient (Wildman–Crippen LogP) is 3.74. The average Bonchev–Trinajstić information content (AvgIpc) is 3.21. The van der Waals surface area contributed by atoms with Gasteiger partial charge in [-0.15, -0.1) is 0 Å². The van der Waals surface area contributed by atoms with Crippen LogP contribution in [0.2, 0.25) is 0 Å². The Morgan fingerprint density at radius 2 is 1.74 bits per heavy atom. The number of ether oxygens (including phenoxy) is 2. The van der Waals surface area contributed by atoms with Crippen molar-refractivity contribution in [3.63, 3.8) is 0 Å². The summed E-state index contributed by atoms with van der Waals surface area (Å²) in [5, 5.41) is 5.74. The molecule has 0 spiro atoms. The zero-order chi connectivity index (χ0) is 25.6. The Bertz CT molecular complexity index is 1090. The van der Waals surface area contributed by atoms with Crippen LogP contribution in [0.15, 0.2) is 48.5 Å². The number of nitrogens with zero attached hydrogens (tertiary/aromatic N) is 1. The van der Waals surface area contributed by atoms with Crippen molar-refractivity contribution < 1.29 is 28.7 Å². The van der Waals surface area contributed by atoms with Gasteiger partial charge in [-0.3, -0.25) is 14.4 Å². The third kappa shape index (κ3) is 6.81. The minimum Gasteiger partial charge on any atom is -0.434 e. The first-order chi connectivity index (χ1) is 16.6. The zero-order valence-corrected chi connectivity index (χ0v) is 20.4. The highest BCUT2D eigenvalue weighted by Gasteiger charge is 2.39. The molecule has 1 heterocycles. The van der Waals surface area contributed by atoms with E-state index < -0.39 is 12.1 Å². The van der Waals surface area contributed by atoms with E-state index in [1.54, 1.807) is 24.0 Å². The summed E-state index contributed by atoms with van der Waals surface area (Å²) in [4.78, 5) is 50.9. The maximum atomic E-state index is 12.9. The molecule has 0 aromatic heterocycles. The number of anilines is 1. The van der Waals surface area contributed by atoms with E-state index in [-0.39, 0.29) is 48.6 Å². The van der Waals surface area contributed by atoms with Gasteiger partial charge in [-0.2, -0.15) is 0 Å². The molecule has 9 heteroatoms. The number of benzene rings is 2. The first-order valence-electron chi connectivity index (χ1n) is 11.5. The van der Waals surface area contributed by atoms with E-state index in [1.807, 2.05) is 32.9 Å². The highest BCUT2D eigenvalue weighted by Crippen LogP contribution is 2.27. The molecule has 1 unspecified atom stereocenters. The summed E-state index contributed by atoms with van der Waals surface area (Å²) in [6, 6.07) is 13.3. The second kappa shape index (κ2) is 11.0. The van der Waals surface area contributed by atoms with Crippen molar-refractivity contribution in [1.82, 2.24) is 10.2 Å². The van der Waals surface area contributed by atoms with Gasteiger partial charge in [-0.1, -0.05) is 18.2 Å². The lowest BCUT2D eigenvalue weighted by Gasteiger charge is -2.32. The Hall–Kier alpha value is -3.88. The van der Waals surface area contributed by atoms with Crippen molar-refractivity contribution in [3.05, 3.63) is 59.7 Å². The molecule has 1 fully saturated rings. The fourth-order valence-electron chi connectivity index (χ4n) is 3.76. The molecule has 9 nitrogen and oxygen atoms in total. The van der Waals surface area contributed by atoms with Gasteiger partial charge < -0.3 is 25.0 Å². The number of likely N-dealkylation sites (tertiary alicyclic amines) is 1. The summed E-state index contributed by atoms with van der Waals surface area (Å²) in [7, 11) is 0. The highest BCUT2D eigenvalue weighted by atomic mass is 16.7. The molecule has 1 atom stereocenters. The van der Waals surface area contributed by atoms with E-state index in [4.69, 9.17) is 9.47 Å². The monoisotopic (exact) mass is 481 g/mol. The summed E-state index contributed by atoms with van der Waals surface area (Å²) in [5.41, 5.74) is 1.36. The average molecular weight is 482 g/mol. The van der Waals surface area contributed by atoms with Crippen LogP contribution in [-0.2, 0) is 20.9 Å². The van der Waals surface area contributed by atoms with Gasteiger partial charge in [-0.25, -0.2) is 4.79 Å². The fourth-order valence-corrected chi connectivity index (χ4v) is 3.76. The molecule has 3 amide bonds. The smallest absolute Gasteiger partial charge is 0.434 e. The Morgan fingerprint density at radius 3 is 2.37 bits per heavy atom. The normalized spacial score (nSPS) is 15.5. The number of carbonyl (C=O) groups is 4. The maximum absolute atomic E-state index is 12.9. The molecule has 1 saturated heterocycles. The summed E-state index contributed by atoms with van der Waals surface area (Å²) >= 11 is 0. The summed E-state index contributed by atoms with van der Waals surface area (Å²) < 4.78 is 9.71. The highest BCUT2D eigenvalue weighted by molar-refractivity contribution is 5.98. The largest absolute Gasteiger partial charge is 0.513 e. The number of hydrogen-bond donors (Lipinski definition) is 2. The van der Waals surface area contributed by atoms with E-state index in [0.29, 0.717) is 17.8 Å². The Balaban J connectivity index is 1.59. The van der Waals surface area contributed by atoms with Crippen molar-refractivity contribution in [3.8, 4) is 5.75 Å². The molecule has 1 aliphatic heterocycles. The van der Waals surface area contributed by atoms with Crippen LogP contribution in [0.25, 0.3) is 0 Å². The first kappa shape index (κ1) is 25.7. The second-order valence-electron chi connectivity index (χ2n) is 9.21. The third-order valence-corrected chi connectivity index (χ3v) is 5.60. The Kier molecular flexibility index (Phi) is 8.11. The number of nitrogens with one attached hydrogen (secondary N) is 2. The van der Waals surface area contributed by atoms with Crippen molar-refractivity contribution in [2.24, 2.45) is 5.92 Å². The molecular formula is C26H31N3O6.